The summed E-state index contributed by atoms with van der Waals surface area (Å²) in [6.45, 7) is 1.84. The van der Waals surface area contributed by atoms with Gasteiger partial charge in [-0.25, -0.2) is 15.0 Å². The number of hydrogen-bond donors (Lipinski definition) is 1. The second-order valence-electron chi connectivity index (χ2n) is 5.99. The first kappa shape index (κ1) is 15.9. The average Bonchev–Trinajstić information content (AvgIpc) is 3.07. The van der Waals surface area contributed by atoms with E-state index >= 15 is 0 Å². The van der Waals surface area contributed by atoms with Crippen LogP contribution in [0.4, 0.5) is 5.82 Å². The molecule has 1 amide bonds. The zero-order chi connectivity index (χ0) is 18.1. The van der Waals surface area contributed by atoms with Gasteiger partial charge in [-0.2, -0.15) is 0 Å². The van der Waals surface area contributed by atoms with Crippen molar-refractivity contribution in [3.05, 3.63) is 66.5 Å². The van der Waals surface area contributed by atoms with Crippen molar-refractivity contribution in [2.45, 2.75) is 6.92 Å². The molecule has 0 aliphatic rings. The van der Waals surface area contributed by atoms with Gasteiger partial charge in [-0.05, 0) is 31.2 Å². The minimum absolute atomic E-state index is 0.231. The number of fused-ring (bicyclic) bond motifs is 1. The van der Waals surface area contributed by atoms with E-state index < -0.39 is 0 Å². The second-order valence-corrected chi connectivity index (χ2v) is 5.99. The molecule has 0 aliphatic heterocycles. The fraction of sp³-hybridized carbons (Fsp3) is 0.105. The zero-order valence-corrected chi connectivity index (χ0v) is 14.3. The fourth-order valence-corrected chi connectivity index (χ4v) is 2.71. The Kier molecular flexibility index (Phi) is 3.89. The van der Waals surface area contributed by atoms with Gasteiger partial charge in [0, 0.05) is 42.2 Å². The molecule has 0 fully saturated rings. The van der Waals surface area contributed by atoms with Crippen molar-refractivity contribution < 1.29 is 4.79 Å². The van der Waals surface area contributed by atoms with E-state index in [1.165, 1.54) is 0 Å². The number of aromatic nitrogens is 5. The van der Waals surface area contributed by atoms with Crippen LogP contribution < -0.4 is 5.32 Å². The van der Waals surface area contributed by atoms with Crippen LogP contribution in [0.1, 0.15) is 16.1 Å². The van der Waals surface area contributed by atoms with Gasteiger partial charge in [0.05, 0.1) is 29.4 Å². The number of imidazole rings is 1. The van der Waals surface area contributed by atoms with E-state index in [1.54, 1.807) is 43.1 Å². The molecule has 0 aliphatic carbocycles. The fourth-order valence-electron chi connectivity index (χ4n) is 2.71. The first-order valence-electron chi connectivity index (χ1n) is 8.08. The van der Waals surface area contributed by atoms with Crippen molar-refractivity contribution in [3.63, 3.8) is 0 Å². The molecule has 4 aromatic rings. The number of hydrogen-bond acceptors (Lipinski definition) is 5. The number of carbonyl (C=O) groups excluding carboxylic acids is 1. The van der Waals surface area contributed by atoms with E-state index in [9.17, 15) is 4.79 Å². The van der Waals surface area contributed by atoms with Crippen LogP contribution in [0.5, 0.6) is 0 Å². The molecule has 4 aromatic heterocycles. The molecule has 0 aromatic carbocycles. The summed E-state index contributed by atoms with van der Waals surface area (Å²) in [5.74, 6) is 0.219. The number of carbonyl (C=O) groups is 1. The summed E-state index contributed by atoms with van der Waals surface area (Å²) in [5.41, 5.74) is 3.80. The van der Waals surface area contributed by atoms with E-state index in [2.05, 4.69) is 25.3 Å². The Hall–Kier alpha value is -3.61. The number of nitrogens with one attached hydrogen (secondary N) is 1. The van der Waals surface area contributed by atoms with Gasteiger partial charge in [0.25, 0.3) is 5.91 Å². The Morgan fingerprint density at radius 2 is 2.00 bits per heavy atom. The third-order valence-electron chi connectivity index (χ3n) is 4.05. The summed E-state index contributed by atoms with van der Waals surface area (Å²) < 4.78 is 1.91. The van der Waals surface area contributed by atoms with Crippen molar-refractivity contribution in [2.24, 2.45) is 7.05 Å². The van der Waals surface area contributed by atoms with E-state index in [-0.39, 0.29) is 5.91 Å². The molecule has 7 nitrogen and oxygen atoms in total. The first-order valence-corrected chi connectivity index (χ1v) is 8.08. The molecular formula is C19H16N6O. The highest BCUT2D eigenvalue weighted by molar-refractivity contribution is 6.04. The third-order valence-corrected chi connectivity index (χ3v) is 4.05. The van der Waals surface area contributed by atoms with E-state index in [0.29, 0.717) is 11.4 Å². The lowest BCUT2D eigenvalue weighted by Crippen LogP contribution is -2.13. The molecule has 0 saturated heterocycles. The van der Waals surface area contributed by atoms with Crippen LogP contribution in [-0.2, 0) is 7.05 Å². The number of aryl methyl sites for hydroxylation is 2. The van der Waals surface area contributed by atoms with Gasteiger partial charge < -0.3 is 9.88 Å². The Bertz CT molecular complexity index is 1120. The molecule has 4 heterocycles. The Morgan fingerprint density at radius 3 is 2.77 bits per heavy atom. The normalized spacial score (nSPS) is 10.8. The summed E-state index contributed by atoms with van der Waals surface area (Å²) in [7, 11) is 1.92. The van der Waals surface area contributed by atoms with Crippen LogP contribution in [-0.4, -0.2) is 30.4 Å². The number of nitrogens with zero attached hydrogens (tertiary/aromatic N) is 5. The maximum atomic E-state index is 12.4. The lowest BCUT2D eigenvalue weighted by atomic mass is 10.2. The topological polar surface area (TPSA) is 85.6 Å². The third kappa shape index (κ3) is 3.02. The molecule has 26 heavy (non-hydrogen) atoms. The van der Waals surface area contributed by atoms with Gasteiger partial charge in [0.1, 0.15) is 5.82 Å². The van der Waals surface area contributed by atoms with Gasteiger partial charge in [-0.15, -0.1) is 0 Å². The van der Waals surface area contributed by atoms with E-state index in [4.69, 9.17) is 0 Å². The minimum Gasteiger partial charge on any atom is -0.332 e. The van der Waals surface area contributed by atoms with Gasteiger partial charge in [-0.1, -0.05) is 0 Å². The predicted molar refractivity (Wildman–Crippen MR) is 98.7 cm³/mol. The minimum atomic E-state index is -0.231. The molecule has 7 heteroatoms. The lowest BCUT2D eigenvalue weighted by Gasteiger charge is -2.07. The molecule has 1 N–H and O–H groups in total. The van der Waals surface area contributed by atoms with Crippen LogP contribution in [0, 0.1) is 6.92 Å². The van der Waals surface area contributed by atoms with Crippen LogP contribution in [0.3, 0.4) is 0 Å². The number of pyridine rings is 3. The lowest BCUT2D eigenvalue weighted by molar-refractivity contribution is 0.102. The smallest absolute Gasteiger partial charge is 0.256 e. The Balaban J connectivity index is 1.66. The summed E-state index contributed by atoms with van der Waals surface area (Å²) in [6.07, 6.45) is 6.81. The summed E-state index contributed by atoms with van der Waals surface area (Å²) >= 11 is 0. The summed E-state index contributed by atoms with van der Waals surface area (Å²) in [5, 5.41) is 3.70. The molecular weight excluding hydrogens is 328 g/mol. The van der Waals surface area contributed by atoms with Crippen LogP contribution >= 0.6 is 0 Å². The molecule has 4 rings (SSSR count). The van der Waals surface area contributed by atoms with Gasteiger partial charge in [-0.3, -0.25) is 9.78 Å². The van der Waals surface area contributed by atoms with Crippen molar-refractivity contribution >= 4 is 22.6 Å². The summed E-state index contributed by atoms with van der Waals surface area (Å²) in [6, 6.07) is 9.05. The largest absolute Gasteiger partial charge is 0.332 e. The Morgan fingerprint density at radius 1 is 1.12 bits per heavy atom. The molecule has 128 valence electrons. The average molecular weight is 344 g/mol. The quantitative estimate of drug-likeness (QED) is 0.617. The number of rotatable bonds is 3. The zero-order valence-electron chi connectivity index (χ0n) is 14.3. The van der Waals surface area contributed by atoms with Gasteiger partial charge in [0.2, 0.25) is 0 Å². The number of anilines is 1. The Labute approximate surface area is 149 Å². The molecule has 0 saturated carbocycles. The molecule has 0 atom stereocenters. The highest BCUT2D eigenvalue weighted by atomic mass is 16.1. The molecule has 0 radical (unpaired) electrons. The monoisotopic (exact) mass is 344 g/mol. The van der Waals surface area contributed by atoms with E-state index in [1.807, 2.05) is 30.7 Å². The van der Waals surface area contributed by atoms with E-state index in [0.717, 1.165) is 28.0 Å². The second kappa shape index (κ2) is 6.36. The van der Waals surface area contributed by atoms with Crippen LogP contribution in [0.25, 0.3) is 22.3 Å². The number of amides is 1. The SMILES string of the molecule is Cc1cc(C(=O)Nc2cc3nc(-c4cncn4C)ccc3cn2)ccn1. The maximum absolute atomic E-state index is 12.4. The summed E-state index contributed by atoms with van der Waals surface area (Å²) in [4.78, 5) is 29.6. The van der Waals surface area contributed by atoms with Crippen molar-refractivity contribution in [1.29, 1.82) is 0 Å². The maximum Gasteiger partial charge on any atom is 0.256 e. The highest BCUT2D eigenvalue weighted by Gasteiger charge is 2.10. The first-order chi connectivity index (χ1) is 12.6. The highest BCUT2D eigenvalue weighted by Crippen LogP contribution is 2.21. The molecule has 0 bridgehead atoms. The molecule has 0 unspecified atom stereocenters. The van der Waals surface area contributed by atoms with Crippen molar-refractivity contribution in [3.8, 4) is 11.4 Å². The van der Waals surface area contributed by atoms with Crippen LogP contribution in [0.15, 0.2) is 55.2 Å². The van der Waals surface area contributed by atoms with Gasteiger partial charge >= 0.3 is 0 Å². The predicted octanol–water partition coefficient (Wildman–Crippen LogP) is 2.99. The van der Waals surface area contributed by atoms with Crippen molar-refractivity contribution in [1.82, 2.24) is 24.5 Å². The van der Waals surface area contributed by atoms with Crippen molar-refractivity contribution in [2.75, 3.05) is 5.32 Å². The van der Waals surface area contributed by atoms with Crippen LogP contribution in [0.2, 0.25) is 0 Å². The standard InChI is InChI=1S/C19H16N6O/c1-12-7-13(5-6-21-12)19(26)24-18-8-16-14(9-22-18)3-4-15(23-16)17-10-20-11-25(17)2/h3-11H,1-2H3,(H,22,24,26). The molecule has 0 spiro atoms. The van der Waals surface area contributed by atoms with Gasteiger partial charge in [0.15, 0.2) is 0 Å².